The van der Waals surface area contributed by atoms with E-state index < -0.39 is 0 Å². The Morgan fingerprint density at radius 3 is 2.82 bits per heavy atom. The first kappa shape index (κ1) is 15.7. The van der Waals surface area contributed by atoms with Crippen LogP contribution in [-0.4, -0.2) is 10.9 Å². The van der Waals surface area contributed by atoms with Gasteiger partial charge in [0.15, 0.2) is 0 Å². The lowest BCUT2D eigenvalue weighted by atomic mass is 10.0. The van der Waals surface area contributed by atoms with Gasteiger partial charge in [0.25, 0.3) is 5.91 Å². The lowest BCUT2D eigenvalue weighted by molar-refractivity contribution is 0.0934. The van der Waals surface area contributed by atoms with Crippen molar-refractivity contribution >= 4 is 5.91 Å². The van der Waals surface area contributed by atoms with Crippen molar-refractivity contribution in [2.24, 2.45) is 0 Å². The summed E-state index contributed by atoms with van der Waals surface area (Å²) >= 11 is 0. The number of rotatable bonds is 6. The van der Waals surface area contributed by atoms with Crippen LogP contribution in [0, 0.1) is 11.3 Å². The van der Waals surface area contributed by atoms with Crippen molar-refractivity contribution in [2.75, 3.05) is 0 Å². The lowest BCUT2D eigenvalue weighted by Crippen LogP contribution is -2.29. The van der Waals surface area contributed by atoms with E-state index in [1.165, 1.54) is 0 Å². The van der Waals surface area contributed by atoms with E-state index in [2.05, 4.69) is 23.3 Å². The number of benzene rings is 1. The Labute approximate surface area is 130 Å². The molecule has 1 atom stereocenters. The third-order valence-corrected chi connectivity index (χ3v) is 3.53. The Hall–Kier alpha value is -2.67. The molecule has 2 rings (SSSR count). The number of amides is 1. The highest BCUT2D eigenvalue weighted by Crippen LogP contribution is 2.19. The fourth-order valence-electron chi connectivity index (χ4n) is 2.33. The quantitative estimate of drug-likeness (QED) is 0.884. The van der Waals surface area contributed by atoms with Gasteiger partial charge < -0.3 is 5.32 Å². The molecule has 2 aromatic rings. The van der Waals surface area contributed by atoms with Gasteiger partial charge >= 0.3 is 0 Å². The molecule has 0 spiro atoms. The van der Waals surface area contributed by atoms with Gasteiger partial charge in [0.05, 0.1) is 23.2 Å². The lowest BCUT2D eigenvalue weighted by Gasteiger charge is -2.19. The third kappa shape index (κ3) is 3.92. The zero-order chi connectivity index (χ0) is 15.8. The Balaban J connectivity index is 2.20. The predicted molar refractivity (Wildman–Crippen MR) is 85.1 cm³/mol. The summed E-state index contributed by atoms with van der Waals surface area (Å²) in [6.45, 7) is 2.12. The summed E-state index contributed by atoms with van der Waals surface area (Å²) in [4.78, 5) is 16.6. The molecule has 0 radical (unpaired) electrons. The van der Waals surface area contributed by atoms with Crippen molar-refractivity contribution in [1.82, 2.24) is 10.3 Å². The Morgan fingerprint density at radius 2 is 2.14 bits per heavy atom. The summed E-state index contributed by atoms with van der Waals surface area (Å²) < 4.78 is 0. The number of hydrogen-bond acceptors (Lipinski definition) is 3. The molecule has 0 aliphatic heterocycles. The molecular weight excluding hydrogens is 274 g/mol. The molecule has 1 amide bonds. The number of pyridine rings is 1. The van der Waals surface area contributed by atoms with Crippen LogP contribution in [0.5, 0.6) is 0 Å². The fourth-order valence-corrected chi connectivity index (χ4v) is 2.33. The largest absolute Gasteiger partial charge is 0.345 e. The number of aromatic nitrogens is 1. The minimum absolute atomic E-state index is 0.0899. The van der Waals surface area contributed by atoms with Gasteiger partial charge in [-0.2, -0.15) is 5.26 Å². The summed E-state index contributed by atoms with van der Waals surface area (Å²) in [6, 6.07) is 12.6. The van der Waals surface area contributed by atoms with E-state index in [-0.39, 0.29) is 11.9 Å². The highest BCUT2D eigenvalue weighted by Gasteiger charge is 2.17. The molecule has 0 fully saturated rings. The SMILES string of the molecule is CCCC[C@@H](NC(=O)c1ccccc1C#N)c1cccnc1. The highest BCUT2D eigenvalue weighted by atomic mass is 16.1. The molecule has 0 aliphatic rings. The van der Waals surface area contributed by atoms with Crippen molar-refractivity contribution in [3.63, 3.8) is 0 Å². The van der Waals surface area contributed by atoms with Crippen LogP contribution in [0.3, 0.4) is 0 Å². The molecule has 1 N–H and O–H groups in total. The first-order chi connectivity index (χ1) is 10.8. The van der Waals surface area contributed by atoms with Crippen molar-refractivity contribution in [3.8, 4) is 6.07 Å². The monoisotopic (exact) mass is 293 g/mol. The van der Waals surface area contributed by atoms with Crippen molar-refractivity contribution in [1.29, 1.82) is 5.26 Å². The number of unbranched alkanes of at least 4 members (excludes halogenated alkanes) is 1. The average molecular weight is 293 g/mol. The Kier molecular flexibility index (Phi) is 5.67. The molecule has 0 aliphatic carbocycles. The molecule has 1 aromatic heterocycles. The molecule has 4 heteroatoms. The van der Waals surface area contributed by atoms with E-state index in [0.717, 1.165) is 24.8 Å². The number of hydrogen-bond donors (Lipinski definition) is 1. The summed E-state index contributed by atoms with van der Waals surface area (Å²) in [5.74, 6) is -0.220. The maximum absolute atomic E-state index is 12.5. The normalized spacial score (nSPS) is 11.5. The maximum atomic E-state index is 12.5. The van der Waals surface area contributed by atoms with E-state index in [0.29, 0.717) is 11.1 Å². The molecule has 1 heterocycles. The van der Waals surface area contributed by atoms with Crippen LogP contribution in [0.15, 0.2) is 48.8 Å². The van der Waals surface area contributed by atoms with Crippen LogP contribution < -0.4 is 5.32 Å². The molecule has 0 saturated carbocycles. The number of nitrogens with zero attached hydrogens (tertiary/aromatic N) is 2. The van der Waals surface area contributed by atoms with Crippen LogP contribution in [0.4, 0.5) is 0 Å². The second kappa shape index (κ2) is 7.94. The molecule has 4 nitrogen and oxygen atoms in total. The smallest absolute Gasteiger partial charge is 0.253 e. The summed E-state index contributed by atoms with van der Waals surface area (Å²) in [5, 5.41) is 12.1. The number of carbonyl (C=O) groups is 1. The van der Waals surface area contributed by atoms with Crippen LogP contribution in [0.25, 0.3) is 0 Å². The third-order valence-electron chi connectivity index (χ3n) is 3.53. The van der Waals surface area contributed by atoms with E-state index in [1.807, 2.05) is 12.1 Å². The zero-order valence-electron chi connectivity index (χ0n) is 12.6. The highest BCUT2D eigenvalue weighted by molar-refractivity contribution is 5.96. The fraction of sp³-hybridized carbons (Fsp3) is 0.278. The summed E-state index contributed by atoms with van der Waals surface area (Å²) in [5.41, 5.74) is 1.79. The second-order valence-electron chi connectivity index (χ2n) is 5.11. The Morgan fingerprint density at radius 1 is 1.32 bits per heavy atom. The number of nitriles is 1. The van der Waals surface area contributed by atoms with Gasteiger partial charge in [0, 0.05) is 12.4 Å². The van der Waals surface area contributed by atoms with Crippen LogP contribution in [-0.2, 0) is 0 Å². The molecule has 1 aromatic carbocycles. The second-order valence-corrected chi connectivity index (χ2v) is 5.11. The minimum atomic E-state index is -0.220. The predicted octanol–water partition coefficient (Wildman–Crippen LogP) is 3.61. The van der Waals surface area contributed by atoms with E-state index in [9.17, 15) is 4.79 Å². The van der Waals surface area contributed by atoms with Gasteiger partial charge in [0.1, 0.15) is 0 Å². The molecule has 112 valence electrons. The first-order valence-electron chi connectivity index (χ1n) is 7.46. The average Bonchev–Trinajstić information content (AvgIpc) is 2.59. The van der Waals surface area contributed by atoms with Gasteiger partial charge in [-0.25, -0.2) is 0 Å². The van der Waals surface area contributed by atoms with Crippen LogP contribution in [0.2, 0.25) is 0 Å². The van der Waals surface area contributed by atoms with E-state index in [4.69, 9.17) is 5.26 Å². The van der Waals surface area contributed by atoms with Gasteiger partial charge in [-0.15, -0.1) is 0 Å². The van der Waals surface area contributed by atoms with Crippen LogP contribution in [0.1, 0.15) is 53.7 Å². The van der Waals surface area contributed by atoms with Crippen molar-refractivity contribution in [3.05, 3.63) is 65.5 Å². The number of nitrogens with one attached hydrogen (secondary N) is 1. The minimum Gasteiger partial charge on any atom is -0.345 e. The zero-order valence-corrected chi connectivity index (χ0v) is 12.6. The van der Waals surface area contributed by atoms with Crippen molar-refractivity contribution in [2.45, 2.75) is 32.2 Å². The Bertz CT molecular complexity index is 662. The van der Waals surface area contributed by atoms with Gasteiger partial charge in [-0.05, 0) is 30.2 Å². The van der Waals surface area contributed by atoms with Gasteiger partial charge in [-0.3, -0.25) is 9.78 Å². The van der Waals surface area contributed by atoms with Crippen LogP contribution >= 0.6 is 0 Å². The molecule has 0 saturated heterocycles. The summed E-state index contributed by atoms with van der Waals surface area (Å²) in [7, 11) is 0. The molecule has 0 unspecified atom stereocenters. The molecule has 0 bridgehead atoms. The van der Waals surface area contributed by atoms with Gasteiger partial charge in [0.2, 0.25) is 0 Å². The van der Waals surface area contributed by atoms with Gasteiger partial charge in [-0.1, -0.05) is 38.0 Å². The summed E-state index contributed by atoms with van der Waals surface area (Å²) in [6.07, 6.45) is 6.41. The van der Waals surface area contributed by atoms with Crippen molar-refractivity contribution < 1.29 is 4.79 Å². The van der Waals surface area contributed by atoms with E-state index >= 15 is 0 Å². The first-order valence-corrected chi connectivity index (χ1v) is 7.46. The van der Waals surface area contributed by atoms with E-state index in [1.54, 1.807) is 36.7 Å². The molecular formula is C18H19N3O. The molecule has 22 heavy (non-hydrogen) atoms. The number of carbonyl (C=O) groups excluding carboxylic acids is 1. The standard InChI is InChI=1S/C18H19N3O/c1-2-3-10-17(15-8-6-11-20-13-15)21-18(22)16-9-5-4-7-14(16)12-19/h4-9,11,13,17H,2-3,10H2,1H3,(H,21,22)/t17-/m1/s1. The maximum Gasteiger partial charge on any atom is 0.253 e. The topological polar surface area (TPSA) is 65.8 Å².